The number of nitrogens with zero attached hydrogens (tertiary/aromatic N) is 2. The van der Waals surface area contributed by atoms with Gasteiger partial charge >= 0.3 is 0 Å². The van der Waals surface area contributed by atoms with Gasteiger partial charge in [-0.25, -0.2) is 0 Å². The van der Waals surface area contributed by atoms with Crippen molar-refractivity contribution in [2.24, 2.45) is 11.1 Å². The number of benzene rings is 1. The highest BCUT2D eigenvalue weighted by molar-refractivity contribution is 7.18. The van der Waals surface area contributed by atoms with Gasteiger partial charge in [0, 0.05) is 30.3 Å². The lowest BCUT2D eigenvalue weighted by Crippen LogP contribution is -2.46. The molecule has 0 unspecified atom stereocenters. The van der Waals surface area contributed by atoms with Gasteiger partial charge in [-0.3, -0.25) is 10.1 Å². The molecule has 0 bridgehead atoms. The lowest BCUT2D eigenvalue weighted by Gasteiger charge is -2.34. The Morgan fingerprint density at radius 1 is 1.38 bits per heavy atom. The maximum absolute atomic E-state index is 12.6. The van der Waals surface area contributed by atoms with E-state index in [1.165, 1.54) is 11.3 Å². The number of halogens is 2. The first kappa shape index (κ1) is 19.1. The Morgan fingerprint density at radius 2 is 2.12 bits per heavy atom. The van der Waals surface area contributed by atoms with Crippen LogP contribution in [0.15, 0.2) is 24.3 Å². The van der Waals surface area contributed by atoms with E-state index in [9.17, 15) is 4.79 Å². The average molecular weight is 389 g/mol. The van der Waals surface area contributed by atoms with E-state index in [0.29, 0.717) is 47.8 Å². The third-order valence-electron chi connectivity index (χ3n) is 4.04. The van der Waals surface area contributed by atoms with Crippen LogP contribution in [0.25, 0.3) is 10.6 Å². The van der Waals surface area contributed by atoms with E-state index < -0.39 is 5.41 Å². The smallest absolute Gasteiger partial charge is 0.233 e. The largest absolute Gasteiger partial charge is 0.381 e. The predicted octanol–water partition coefficient (Wildman–Crippen LogP) is 2.97. The molecule has 0 saturated carbocycles. The highest BCUT2D eigenvalue weighted by Crippen LogP contribution is 2.33. The molecule has 3 rings (SSSR count). The van der Waals surface area contributed by atoms with Gasteiger partial charge in [-0.1, -0.05) is 35.1 Å². The maximum Gasteiger partial charge on any atom is 0.233 e. The van der Waals surface area contributed by atoms with Crippen LogP contribution in [-0.2, 0) is 9.53 Å². The standard InChI is InChI=1S/C15H17ClN4O2S.ClH/c16-11-3-1-2-10(8-11)12-19-20-14(23-12)18-13(21)15(9-17)4-6-22-7-5-15;/h1-3,8H,4-7,9,17H2,(H,18,20,21);1H. The molecule has 2 aromatic rings. The highest BCUT2D eigenvalue weighted by Gasteiger charge is 2.39. The van der Waals surface area contributed by atoms with E-state index >= 15 is 0 Å². The zero-order valence-electron chi connectivity index (χ0n) is 12.8. The Kier molecular flexibility index (Phi) is 6.54. The first-order chi connectivity index (χ1) is 11.1. The Morgan fingerprint density at radius 3 is 2.79 bits per heavy atom. The number of hydrogen-bond donors (Lipinski definition) is 2. The molecule has 0 spiro atoms. The molecule has 1 fully saturated rings. The van der Waals surface area contributed by atoms with Gasteiger partial charge in [-0.05, 0) is 25.0 Å². The Labute approximate surface area is 155 Å². The molecule has 1 aromatic heterocycles. The molecular formula is C15H18Cl2N4O2S. The molecular weight excluding hydrogens is 371 g/mol. The van der Waals surface area contributed by atoms with E-state index in [0.717, 1.165) is 5.56 Å². The van der Waals surface area contributed by atoms with Crippen molar-refractivity contribution in [3.63, 3.8) is 0 Å². The molecule has 0 aliphatic carbocycles. The summed E-state index contributed by atoms with van der Waals surface area (Å²) in [6.07, 6.45) is 1.24. The van der Waals surface area contributed by atoms with Gasteiger partial charge in [0.15, 0.2) is 0 Å². The number of nitrogens with one attached hydrogen (secondary N) is 1. The van der Waals surface area contributed by atoms with Crippen LogP contribution in [0.1, 0.15) is 12.8 Å². The Bertz CT molecular complexity index is 704. The molecule has 24 heavy (non-hydrogen) atoms. The second-order valence-corrected chi connectivity index (χ2v) is 6.89. The van der Waals surface area contributed by atoms with Gasteiger partial charge < -0.3 is 10.5 Å². The summed E-state index contributed by atoms with van der Waals surface area (Å²) >= 11 is 7.30. The Balaban J connectivity index is 0.00000208. The van der Waals surface area contributed by atoms with Crippen molar-refractivity contribution in [3.05, 3.63) is 29.3 Å². The van der Waals surface area contributed by atoms with Crippen molar-refractivity contribution < 1.29 is 9.53 Å². The second-order valence-electron chi connectivity index (χ2n) is 5.47. The van der Waals surface area contributed by atoms with Crippen molar-refractivity contribution in [1.82, 2.24) is 10.2 Å². The molecule has 1 aliphatic rings. The first-order valence-electron chi connectivity index (χ1n) is 7.32. The molecule has 1 aliphatic heterocycles. The predicted molar refractivity (Wildman–Crippen MR) is 97.8 cm³/mol. The summed E-state index contributed by atoms with van der Waals surface area (Å²) in [6, 6.07) is 7.36. The molecule has 1 aromatic carbocycles. The van der Waals surface area contributed by atoms with E-state index in [1.54, 1.807) is 6.07 Å². The summed E-state index contributed by atoms with van der Waals surface area (Å²) in [6.45, 7) is 1.39. The van der Waals surface area contributed by atoms with Gasteiger partial charge in [0.05, 0.1) is 5.41 Å². The minimum atomic E-state index is -0.583. The van der Waals surface area contributed by atoms with Crippen LogP contribution in [0, 0.1) is 5.41 Å². The van der Waals surface area contributed by atoms with E-state index in [-0.39, 0.29) is 18.3 Å². The highest BCUT2D eigenvalue weighted by atomic mass is 35.5. The molecule has 9 heteroatoms. The van der Waals surface area contributed by atoms with E-state index in [1.807, 2.05) is 18.2 Å². The fourth-order valence-electron chi connectivity index (χ4n) is 2.53. The second kappa shape index (κ2) is 8.22. The summed E-state index contributed by atoms with van der Waals surface area (Å²) in [4.78, 5) is 12.6. The van der Waals surface area contributed by atoms with Crippen LogP contribution in [0.3, 0.4) is 0 Å². The molecule has 0 radical (unpaired) electrons. The number of nitrogens with two attached hydrogens (primary N) is 1. The minimum Gasteiger partial charge on any atom is -0.381 e. The van der Waals surface area contributed by atoms with Crippen LogP contribution in [0.2, 0.25) is 5.02 Å². The number of carbonyl (C=O) groups excluding carboxylic acids is 1. The van der Waals surface area contributed by atoms with Crippen molar-refractivity contribution >= 4 is 46.4 Å². The Hall–Kier alpha value is -1.25. The van der Waals surface area contributed by atoms with Crippen LogP contribution < -0.4 is 11.1 Å². The van der Waals surface area contributed by atoms with Crippen molar-refractivity contribution in [2.45, 2.75) is 12.8 Å². The topological polar surface area (TPSA) is 90.1 Å². The molecule has 1 amide bonds. The number of carbonyl (C=O) groups is 1. The van der Waals surface area contributed by atoms with Crippen molar-refractivity contribution in [1.29, 1.82) is 0 Å². The van der Waals surface area contributed by atoms with Gasteiger partial charge in [-0.2, -0.15) is 0 Å². The van der Waals surface area contributed by atoms with Gasteiger partial charge in [0.25, 0.3) is 0 Å². The van der Waals surface area contributed by atoms with Gasteiger partial charge in [0.1, 0.15) is 5.01 Å². The number of amides is 1. The summed E-state index contributed by atoms with van der Waals surface area (Å²) < 4.78 is 5.33. The molecule has 3 N–H and O–H groups in total. The number of ether oxygens (including phenoxy) is 1. The van der Waals surface area contributed by atoms with Gasteiger partial charge in [0.2, 0.25) is 11.0 Å². The molecule has 2 heterocycles. The van der Waals surface area contributed by atoms with Crippen LogP contribution in [-0.4, -0.2) is 35.9 Å². The maximum atomic E-state index is 12.6. The fourth-order valence-corrected chi connectivity index (χ4v) is 3.45. The lowest BCUT2D eigenvalue weighted by atomic mass is 9.79. The SMILES string of the molecule is Cl.NCC1(C(=O)Nc2nnc(-c3cccc(Cl)c3)s2)CCOCC1. The average Bonchev–Trinajstić information content (AvgIpc) is 3.04. The zero-order chi connectivity index (χ0) is 16.3. The summed E-state index contributed by atoms with van der Waals surface area (Å²) in [7, 11) is 0. The zero-order valence-corrected chi connectivity index (χ0v) is 15.2. The molecule has 0 atom stereocenters. The van der Waals surface area contributed by atoms with E-state index in [2.05, 4.69) is 15.5 Å². The minimum absolute atomic E-state index is 0. The quantitative estimate of drug-likeness (QED) is 0.839. The van der Waals surface area contributed by atoms with Crippen molar-refractivity contribution in [3.8, 4) is 10.6 Å². The lowest BCUT2D eigenvalue weighted by molar-refractivity contribution is -0.130. The monoisotopic (exact) mass is 388 g/mol. The summed E-state index contributed by atoms with van der Waals surface area (Å²) in [5.74, 6) is -0.114. The third-order valence-corrected chi connectivity index (χ3v) is 5.16. The third kappa shape index (κ3) is 4.04. The number of anilines is 1. The first-order valence-corrected chi connectivity index (χ1v) is 8.51. The van der Waals surface area contributed by atoms with E-state index in [4.69, 9.17) is 22.1 Å². The van der Waals surface area contributed by atoms with Crippen LogP contribution in [0.4, 0.5) is 5.13 Å². The number of aromatic nitrogens is 2. The van der Waals surface area contributed by atoms with Crippen LogP contribution >= 0.6 is 35.3 Å². The normalized spacial score (nSPS) is 16.2. The summed E-state index contributed by atoms with van der Waals surface area (Å²) in [5, 5.41) is 12.8. The van der Waals surface area contributed by atoms with Gasteiger partial charge in [-0.15, -0.1) is 22.6 Å². The molecule has 130 valence electrons. The van der Waals surface area contributed by atoms with Crippen molar-refractivity contribution in [2.75, 3.05) is 25.1 Å². The number of hydrogen-bond acceptors (Lipinski definition) is 6. The number of rotatable bonds is 4. The molecule has 1 saturated heterocycles. The summed E-state index contributed by atoms with van der Waals surface area (Å²) in [5.41, 5.74) is 6.13. The molecule has 6 nitrogen and oxygen atoms in total. The fraction of sp³-hybridized carbons (Fsp3) is 0.400. The van der Waals surface area contributed by atoms with Crippen LogP contribution in [0.5, 0.6) is 0 Å².